The molecule has 13 heteroatoms. The van der Waals surface area contributed by atoms with Crippen LogP contribution >= 0.6 is 0 Å². The number of allylic oxidation sites excluding steroid dienone is 1. The molecule has 2 amide bonds. The molecule has 3 aliphatic carbocycles. The number of aromatic hydroxyl groups is 1. The number of Topliss-reactive ketones (excluding diaryl/α,β-unsaturated/α-hetero) is 2. The van der Waals surface area contributed by atoms with Gasteiger partial charge in [-0.25, -0.2) is 0 Å². The van der Waals surface area contributed by atoms with Crippen LogP contribution in [0.25, 0.3) is 11.1 Å². The summed E-state index contributed by atoms with van der Waals surface area (Å²) in [5.41, 5.74) is 3.55. The molecule has 5 rings (SSSR count). The Morgan fingerprint density at radius 1 is 1.07 bits per heavy atom. The lowest BCUT2D eigenvalue weighted by Crippen LogP contribution is -2.63. The number of carbonyl (C=O) groups is 5. The zero-order valence-corrected chi connectivity index (χ0v) is 24.1. The molecule has 0 fully saturated rings. The van der Waals surface area contributed by atoms with Crippen LogP contribution in [0.3, 0.4) is 0 Å². The van der Waals surface area contributed by atoms with E-state index in [-0.39, 0.29) is 29.7 Å². The van der Waals surface area contributed by atoms with Gasteiger partial charge in [-0.05, 0) is 67.7 Å². The second-order valence-electron chi connectivity index (χ2n) is 11.4. The van der Waals surface area contributed by atoms with Gasteiger partial charge in [-0.3, -0.25) is 28.9 Å². The Labute approximate surface area is 251 Å². The summed E-state index contributed by atoms with van der Waals surface area (Å²) in [6.45, 7) is 0.747. The van der Waals surface area contributed by atoms with Gasteiger partial charge in [0, 0.05) is 24.1 Å². The third-order valence-corrected chi connectivity index (χ3v) is 8.49. The standard InChI is InChI=1S/C31H31N3O10/c1-13(35)44-12-21(37)33-16-6-4-14(5-7-16)17-8-9-20(36)23-18(17)10-15-11-19-25(34(2)3)27(39)24(30(32)42)29(41)31(19,43)28(40)22(15)26(23)38/h4-9,15,19,25,36,39-40,43H,10-12H2,1-3H3,(H2,32,42)(H,33,37)/t15-,19-,25-,31-/m1/s1. The molecule has 0 aromatic heterocycles. The van der Waals surface area contributed by atoms with E-state index in [1.165, 1.54) is 17.9 Å². The highest BCUT2D eigenvalue weighted by molar-refractivity contribution is 6.25. The first-order chi connectivity index (χ1) is 20.7. The molecular formula is C31H31N3O10. The average molecular weight is 606 g/mol. The lowest BCUT2D eigenvalue weighted by atomic mass is 9.58. The summed E-state index contributed by atoms with van der Waals surface area (Å²) >= 11 is 0. The van der Waals surface area contributed by atoms with Crippen LogP contribution in [0.4, 0.5) is 5.69 Å². The number of amides is 2. The Kier molecular flexibility index (Phi) is 7.56. The summed E-state index contributed by atoms with van der Waals surface area (Å²) in [4.78, 5) is 63.9. The Hall–Kier alpha value is -5.01. The van der Waals surface area contributed by atoms with Crippen LogP contribution in [0, 0.1) is 11.8 Å². The zero-order valence-electron chi connectivity index (χ0n) is 24.1. The fraction of sp³-hybridized carbons (Fsp3) is 0.323. The first-order valence-corrected chi connectivity index (χ1v) is 13.7. The first kappa shape index (κ1) is 30.4. The maximum Gasteiger partial charge on any atom is 0.303 e. The summed E-state index contributed by atoms with van der Waals surface area (Å²) in [6.07, 6.45) is 0.0906. The lowest BCUT2D eigenvalue weighted by molar-refractivity contribution is -0.148. The molecule has 13 nitrogen and oxygen atoms in total. The number of nitrogens with one attached hydrogen (secondary N) is 1. The number of likely N-dealkylation sites (N-methyl/N-ethyl adjacent to an activating group) is 1. The Bertz CT molecular complexity index is 1690. The molecule has 0 radical (unpaired) electrons. The minimum atomic E-state index is -2.71. The van der Waals surface area contributed by atoms with Gasteiger partial charge in [0.15, 0.2) is 18.0 Å². The molecule has 3 aliphatic rings. The Morgan fingerprint density at radius 3 is 2.32 bits per heavy atom. The third-order valence-electron chi connectivity index (χ3n) is 8.49. The van der Waals surface area contributed by atoms with Crippen LogP contribution in [-0.2, 0) is 30.3 Å². The van der Waals surface area contributed by atoms with Crippen molar-refractivity contribution in [1.82, 2.24) is 4.90 Å². The number of primary amides is 1. The van der Waals surface area contributed by atoms with Gasteiger partial charge >= 0.3 is 5.97 Å². The van der Waals surface area contributed by atoms with E-state index in [4.69, 9.17) is 5.73 Å². The predicted molar refractivity (Wildman–Crippen MR) is 154 cm³/mol. The van der Waals surface area contributed by atoms with Crippen molar-refractivity contribution < 1.29 is 49.1 Å². The number of aliphatic hydroxyl groups is 3. The molecule has 0 aliphatic heterocycles. The van der Waals surface area contributed by atoms with Gasteiger partial charge in [0.2, 0.25) is 5.78 Å². The number of anilines is 1. The molecule has 230 valence electrons. The number of benzene rings is 2. The van der Waals surface area contributed by atoms with Crippen molar-refractivity contribution in [1.29, 1.82) is 0 Å². The number of aliphatic hydroxyl groups excluding tert-OH is 2. The van der Waals surface area contributed by atoms with Crippen molar-refractivity contribution in [3.63, 3.8) is 0 Å². The molecule has 0 saturated carbocycles. The van der Waals surface area contributed by atoms with Gasteiger partial charge in [0.05, 0.1) is 11.6 Å². The SMILES string of the molecule is CC(=O)OCC(=O)Nc1ccc(-c2ccc(O)c3c2C[C@@H]2C[C@@H]4[C@@H](N(C)C)C(O)=C(C(N)=O)C(=O)[C@]4(O)C(O)=C2C3=O)cc1. The van der Waals surface area contributed by atoms with Crippen LogP contribution < -0.4 is 11.1 Å². The topological polar surface area (TPSA) is 217 Å². The highest BCUT2D eigenvalue weighted by atomic mass is 16.5. The van der Waals surface area contributed by atoms with Crippen LogP contribution in [0.15, 0.2) is 59.1 Å². The largest absolute Gasteiger partial charge is 0.510 e. The Balaban J connectivity index is 1.56. The number of hydrogen-bond donors (Lipinski definition) is 6. The van der Waals surface area contributed by atoms with Crippen molar-refractivity contribution in [3.8, 4) is 16.9 Å². The molecule has 2 aromatic rings. The molecular weight excluding hydrogens is 574 g/mol. The molecule has 0 saturated heterocycles. The molecule has 0 unspecified atom stereocenters. The number of phenols is 1. The van der Waals surface area contributed by atoms with Crippen LogP contribution in [0.1, 0.15) is 29.3 Å². The highest BCUT2D eigenvalue weighted by Crippen LogP contribution is 2.53. The lowest BCUT2D eigenvalue weighted by Gasteiger charge is -2.50. The number of hydrogen-bond acceptors (Lipinski definition) is 11. The summed E-state index contributed by atoms with van der Waals surface area (Å²) in [5, 5.41) is 47.4. The number of fused-ring (bicyclic) bond motifs is 3. The highest BCUT2D eigenvalue weighted by Gasteiger charge is 2.63. The smallest absolute Gasteiger partial charge is 0.303 e. The number of ketones is 2. The number of ether oxygens (including phenoxy) is 1. The number of nitrogens with two attached hydrogens (primary N) is 1. The molecule has 0 bridgehead atoms. The van der Waals surface area contributed by atoms with E-state index in [0.29, 0.717) is 22.4 Å². The quantitative estimate of drug-likeness (QED) is 0.204. The van der Waals surface area contributed by atoms with E-state index in [9.17, 15) is 44.4 Å². The van der Waals surface area contributed by atoms with E-state index in [0.717, 1.165) is 0 Å². The van der Waals surface area contributed by atoms with Crippen molar-refractivity contribution in [2.75, 3.05) is 26.0 Å². The second-order valence-corrected chi connectivity index (χ2v) is 11.4. The third kappa shape index (κ3) is 4.70. The normalized spacial score (nSPS) is 24.4. The number of rotatable bonds is 6. The number of carbonyl (C=O) groups excluding carboxylic acids is 5. The van der Waals surface area contributed by atoms with Gasteiger partial charge < -0.3 is 36.2 Å². The summed E-state index contributed by atoms with van der Waals surface area (Å²) < 4.78 is 4.69. The van der Waals surface area contributed by atoms with Gasteiger partial charge in [0.1, 0.15) is 22.8 Å². The van der Waals surface area contributed by atoms with E-state index in [2.05, 4.69) is 10.1 Å². The van der Waals surface area contributed by atoms with Crippen molar-refractivity contribution in [2.24, 2.45) is 17.6 Å². The molecule has 0 spiro atoms. The van der Waals surface area contributed by atoms with Gasteiger partial charge in [0.25, 0.3) is 11.8 Å². The molecule has 2 aromatic carbocycles. The maximum atomic E-state index is 13.9. The monoisotopic (exact) mass is 605 g/mol. The van der Waals surface area contributed by atoms with Crippen molar-refractivity contribution in [2.45, 2.75) is 31.4 Å². The summed E-state index contributed by atoms with van der Waals surface area (Å²) in [6, 6.07) is 8.47. The zero-order chi connectivity index (χ0) is 32.2. The van der Waals surface area contributed by atoms with Crippen LogP contribution in [-0.4, -0.2) is 87.0 Å². The van der Waals surface area contributed by atoms with Crippen LogP contribution in [0.5, 0.6) is 5.75 Å². The molecule has 4 atom stereocenters. The summed E-state index contributed by atoms with van der Waals surface area (Å²) in [7, 11) is 3.12. The van der Waals surface area contributed by atoms with Gasteiger partial charge in [-0.15, -0.1) is 0 Å². The molecule has 7 N–H and O–H groups in total. The van der Waals surface area contributed by atoms with Gasteiger partial charge in [-0.2, -0.15) is 0 Å². The maximum absolute atomic E-state index is 13.9. The predicted octanol–water partition coefficient (Wildman–Crippen LogP) is 1.29. The van der Waals surface area contributed by atoms with E-state index < -0.39 is 76.5 Å². The summed E-state index contributed by atoms with van der Waals surface area (Å²) in [5.74, 6) is -8.30. The minimum Gasteiger partial charge on any atom is -0.510 e. The number of esters is 1. The first-order valence-electron chi connectivity index (χ1n) is 13.7. The van der Waals surface area contributed by atoms with Gasteiger partial charge in [-0.1, -0.05) is 18.2 Å². The van der Waals surface area contributed by atoms with Crippen molar-refractivity contribution in [3.05, 3.63) is 70.2 Å². The number of phenolic OH excluding ortho intramolecular Hbond substituents is 1. The average Bonchev–Trinajstić information content (AvgIpc) is 2.94. The minimum absolute atomic E-state index is 0.0336. The molecule has 44 heavy (non-hydrogen) atoms. The van der Waals surface area contributed by atoms with E-state index in [1.807, 2.05) is 0 Å². The van der Waals surface area contributed by atoms with E-state index in [1.54, 1.807) is 44.4 Å². The van der Waals surface area contributed by atoms with Crippen molar-refractivity contribution >= 4 is 35.0 Å². The number of nitrogens with zero attached hydrogens (tertiary/aromatic N) is 1. The second kappa shape index (κ2) is 10.9. The fourth-order valence-electron chi connectivity index (χ4n) is 6.62. The molecule has 0 heterocycles. The van der Waals surface area contributed by atoms with Crippen LogP contribution in [0.2, 0.25) is 0 Å². The fourth-order valence-corrected chi connectivity index (χ4v) is 6.62. The Morgan fingerprint density at radius 2 is 1.73 bits per heavy atom. The van der Waals surface area contributed by atoms with E-state index >= 15 is 0 Å².